The van der Waals surface area contributed by atoms with Crippen molar-refractivity contribution < 1.29 is 5.11 Å². The summed E-state index contributed by atoms with van der Waals surface area (Å²) in [5.41, 5.74) is 0.493. The predicted molar refractivity (Wildman–Crippen MR) is 48.9 cm³/mol. The van der Waals surface area contributed by atoms with Crippen LogP contribution in [0.5, 0.6) is 0 Å². The van der Waals surface area contributed by atoms with E-state index in [1.807, 2.05) is 26.0 Å². The molecule has 0 radical (unpaired) electrons. The molecule has 1 unspecified atom stereocenters. The molecule has 0 aliphatic rings. The van der Waals surface area contributed by atoms with Crippen LogP contribution in [0.1, 0.15) is 25.8 Å². The summed E-state index contributed by atoms with van der Waals surface area (Å²) in [6, 6.07) is 3.87. The first-order valence-electron chi connectivity index (χ1n) is 4.25. The molecule has 0 aliphatic heterocycles. The van der Waals surface area contributed by atoms with Crippen LogP contribution >= 0.6 is 0 Å². The lowest BCUT2D eigenvalue weighted by Gasteiger charge is -2.20. The molecule has 0 aromatic carbocycles. The van der Waals surface area contributed by atoms with Gasteiger partial charge in [0.2, 0.25) is 0 Å². The Hall–Kier alpha value is -0.890. The Kier molecular flexibility index (Phi) is 2.82. The Balaban J connectivity index is 2.64. The quantitative estimate of drug-likeness (QED) is 0.740. The summed E-state index contributed by atoms with van der Waals surface area (Å²) in [5.74, 6) is 0. The van der Waals surface area contributed by atoms with E-state index in [0.29, 0.717) is 6.42 Å². The normalized spacial score (nSPS) is 15.6. The molecule has 2 heteroatoms. The van der Waals surface area contributed by atoms with Gasteiger partial charge in [-0.1, -0.05) is 13.0 Å². The molecule has 0 aliphatic carbocycles. The highest BCUT2D eigenvalue weighted by Crippen LogP contribution is 2.15. The highest BCUT2D eigenvalue weighted by atomic mass is 16.3. The van der Waals surface area contributed by atoms with Crippen molar-refractivity contribution in [2.45, 2.75) is 32.3 Å². The zero-order chi connectivity index (χ0) is 9.03. The molecule has 66 valence electrons. The molecule has 1 heterocycles. The first kappa shape index (κ1) is 9.20. The van der Waals surface area contributed by atoms with Crippen molar-refractivity contribution in [1.82, 2.24) is 4.98 Å². The summed E-state index contributed by atoms with van der Waals surface area (Å²) >= 11 is 0. The topological polar surface area (TPSA) is 33.1 Å². The second-order valence-corrected chi connectivity index (χ2v) is 3.39. The smallest absolute Gasteiger partial charge is 0.0657 e. The second-order valence-electron chi connectivity index (χ2n) is 3.39. The van der Waals surface area contributed by atoms with Gasteiger partial charge in [-0.3, -0.25) is 4.98 Å². The number of hydrogen-bond acceptors (Lipinski definition) is 2. The summed E-state index contributed by atoms with van der Waals surface area (Å²) in [6.07, 6.45) is 4.98. The van der Waals surface area contributed by atoms with Crippen molar-refractivity contribution in [3.05, 3.63) is 30.1 Å². The van der Waals surface area contributed by atoms with Crippen molar-refractivity contribution in [3.63, 3.8) is 0 Å². The van der Waals surface area contributed by atoms with Gasteiger partial charge in [-0.2, -0.15) is 0 Å². The average Bonchev–Trinajstić information content (AvgIpc) is 2.06. The summed E-state index contributed by atoms with van der Waals surface area (Å²) in [4.78, 5) is 3.99. The molecule has 1 aromatic heterocycles. The zero-order valence-electron chi connectivity index (χ0n) is 7.62. The van der Waals surface area contributed by atoms with E-state index in [2.05, 4.69) is 4.98 Å². The summed E-state index contributed by atoms with van der Waals surface area (Å²) in [5, 5.41) is 9.75. The van der Waals surface area contributed by atoms with E-state index < -0.39 is 5.60 Å². The van der Waals surface area contributed by atoms with Gasteiger partial charge in [0, 0.05) is 18.8 Å². The molecule has 1 aromatic rings. The van der Waals surface area contributed by atoms with Gasteiger partial charge in [-0.25, -0.2) is 0 Å². The van der Waals surface area contributed by atoms with E-state index in [9.17, 15) is 5.11 Å². The van der Waals surface area contributed by atoms with Crippen LogP contribution in [-0.2, 0) is 6.42 Å². The largest absolute Gasteiger partial charge is 0.390 e. The monoisotopic (exact) mass is 165 g/mol. The minimum absolute atomic E-state index is 0.594. The van der Waals surface area contributed by atoms with Crippen molar-refractivity contribution in [2.24, 2.45) is 0 Å². The van der Waals surface area contributed by atoms with Crippen molar-refractivity contribution in [1.29, 1.82) is 0 Å². The van der Waals surface area contributed by atoms with Crippen LogP contribution in [0.15, 0.2) is 24.5 Å². The lowest BCUT2D eigenvalue weighted by Crippen LogP contribution is -2.25. The fourth-order valence-electron chi connectivity index (χ4n) is 1.07. The molecule has 0 saturated heterocycles. The number of rotatable bonds is 3. The molecule has 0 fully saturated rings. The number of nitrogens with zero attached hydrogens (tertiary/aromatic N) is 1. The summed E-state index contributed by atoms with van der Waals surface area (Å²) in [7, 11) is 0. The van der Waals surface area contributed by atoms with Crippen molar-refractivity contribution >= 4 is 0 Å². The van der Waals surface area contributed by atoms with Crippen LogP contribution in [0, 0.1) is 0 Å². The van der Waals surface area contributed by atoms with Gasteiger partial charge >= 0.3 is 0 Å². The predicted octanol–water partition coefficient (Wildman–Crippen LogP) is 1.79. The lowest BCUT2D eigenvalue weighted by atomic mass is 9.95. The Morgan fingerprint density at radius 1 is 1.58 bits per heavy atom. The molecular weight excluding hydrogens is 150 g/mol. The Bertz CT molecular complexity index is 231. The minimum atomic E-state index is -0.594. The minimum Gasteiger partial charge on any atom is -0.390 e. The molecule has 1 rings (SSSR count). The van der Waals surface area contributed by atoms with Crippen molar-refractivity contribution in [2.75, 3.05) is 0 Å². The van der Waals surface area contributed by atoms with Crippen LogP contribution in [-0.4, -0.2) is 15.7 Å². The van der Waals surface area contributed by atoms with E-state index in [0.717, 1.165) is 12.0 Å². The lowest BCUT2D eigenvalue weighted by molar-refractivity contribution is 0.0564. The molecule has 0 amide bonds. The van der Waals surface area contributed by atoms with Gasteiger partial charge in [0.1, 0.15) is 0 Å². The molecular formula is C10H15NO. The van der Waals surface area contributed by atoms with Gasteiger partial charge in [0.05, 0.1) is 5.60 Å². The maximum atomic E-state index is 9.75. The molecule has 1 N–H and O–H groups in total. The van der Waals surface area contributed by atoms with Gasteiger partial charge in [0.15, 0.2) is 0 Å². The van der Waals surface area contributed by atoms with Gasteiger partial charge in [-0.15, -0.1) is 0 Å². The van der Waals surface area contributed by atoms with E-state index in [-0.39, 0.29) is 0 Å². The maximum absolute atomic E-state index is 9.75. The Morgan fingerprint density at radius 2 is 2.33 bits per heavy atom. The molecule has 2 nitrogen and oxygen atoms in total. The second kappa shape index (κ2) is 3.68. The first-order chi connectivity index (χ1) is 5.64. The van der Waals surface area contributed by atoms with E-state index in [1.165, 1.54) is 0 Å². The number of aromatic nitrogens is 1. The van der Waals surface area contributed by atoms with Gasteiger partial charge in [-0.05, 0) is 25.0 Å². The fourth-order valence-corrected chi connectivity index (χ4v) is 1.07. The maximum Gasteiger partial charge on any atom is 0.0657 e. The Labute approximate surface area is 73.3 Å². The van der Waals surface area contributed by atoms with Crippen molar-refractivity contribution in [3.8, 4) is 0 Å². The van der Waals surface area contributed by atoms with Crippen LogP contribution in [0.25, 0.3) is 0 Å². The first-order valence-corrected chi connectivity index (χ1v) is 4.25. The van der Waals surface area contributed by atoms with Crippen LogP contribution in [0.4, 0.5) is 0 Å². The number of pyridine rings is 1. The van der Waals surface area contributed by atoms with Crippen LogP contribution < -0.4 is 0 Å². The van der Waals surface area contributed by atoms with E-state index in [4.69, 9.17) is 0 Å². The molecule has 0 bridgehead atoms. The zero-order valence-corrected chi connectivity index (χ0v) is 7.62. The third kappa shape index (κ3) is 2.62. The van der Waals surface area contributed by atoms with Gasteiger partial charge < -0.3 is 5.11 Å². The molecule has 12 heavy (non-hydrogen) atoms. The average molecular weight is 165 g/mol. The SMILES string of the molecule is CCC(C)(O)Cc1cccnc1. The molecule has 1 atom stereocenters. The molecule has 0 spiro atoms. The third-order valence-corrected chi connectivity index (χ3v) is 2.07. The Morgan fingerprint density at radius 3 is 2.83 bits per heavy atom. The summed E-state index contributed by atoms with van der Waals surface area (Å²) in [6.45, 7) is 3.83. The standard InChI is InChI=1S/C10H15NO/c1-3-10(2,12)7-9-5-4-6-11-8-9/h4-6,8,12H,3,7H2,1-2H3. The number of aliphatic hydroxyl groups is 1. The summed E-state index contributed by atoms with van der Waals surface area (Å²) < 4.78 is 0. The van der Waals surface area contributed by atoms with E-state index >= 15 is 0 Å². The number of hydrogen-bond donors (Lipinski definition) is 1. The van der Waals surface area contributed by atoms with Crippen LogP contribution in [0.3, 0.4) is 0 Å². The van der Waals surface area contributed by atoms with Gasteiger partial charge in [0.25, 0.3) is 0 Å². The highest BCUT2D eigenvalue weighted by molar-refractivity contribution is 5.11. The fraction of sp³-hybridized carbons (Fsp3) is 0.500. The van der Waals surface area contributed by atoms with E-state index in [1.54, 1.807) is 12.4 Å². The highest BCUT2D eigenvalue weighted by Gasteiger charge is 2.17. The third-order valence-electron chi connectivity index (χ3n) is 2.07. The molecule has 0 saturated carbocycles. The van der Waals surface area contributed by atoms with Crippen LogP contribution in [0.2, 0.25) is 0 Å².